The van der Waals surface area contributed by atoms with Crippen molar-refractivity contribution in [2.75, 3.05) is 38.1 Å². The summed E-state index contributed by atoms with van der Waals surface area (Å²) < 4.78 is 32.9. The van der Waals surface area contributed by atoms with Gasteiger partial charge in [-0.1, -0.05) is 6.07 Å². The van der Waals surface area contributed by atoms with E-state index >= 15 is 0 Å². The van der Waals surface area contributed by atoms with Crippen molar-refractivity contribution in [2.45, 2.75) is 12.5 Å². The van der Waals surface area contributed by atoms with Crippen molar-refractivity contribution in [2.24, 2.45) is 4.99 Å². The summed E-state index contributed by atoms with van der Waals surface area (Å²) in [5.41, 5.74) is 0.00962. The highest BCUT2D eigenvalue weighted by Gasteiger charge is 2.27. The number of guanidine groups is 1. The lowest BCUT2D eigenvalue weighted by Crippen LogP contribution is -2.46. The van der Waals surface area contributed by atoms with Crippen molar-refractivity contribution >= 4 is 41.5 Å². The number of benzene rings is 1. The van der Waals surface area contributed by atoms with E-state index in [1.165, 1.54) is 24.5 Å². The van der Waals surface area contributed by atoms with Crippen LogP contribution in [0.3, 0.4) is 0 Å². The van der Waals surface area contributed by atoms with E-state index in [2.05, 4.69) is 20.9 Å². The van der Waals surface area contributed by atoms with E-state index in [9.17, 15) is 13.6 Å². The maximum Gasteiger partial charge on any atom is 0.287 e. The second kappa shape index (κ2) is 11.0. The van der Waals surface area contributed by atoms with Gasteiger partial charge in [0.1, 0.15) is 17.3 Å². The highest BCUT2D eigenvalue weighted by Crippen LogP contribution is 2.26. The molecule has 1 aliphatic rings. The summed E-state index contributed by atoms with van der Waals surface area (Å²) in [4.78, 5) is 17.6. The van der Waals surface area contributed by atoms with Crippen molar-refractivity contribution in [3.05, 3.63) is 54.0 Å². The number of nitrogens with zero attached hydrogens (tertiary/aromatic N) is 2. The van der Waals surface area contributed by atoms with Crippen LogP contribution in [0.1, 0.15) is 17.0 Å². The number of carbonyl (C=O) groups is 1. The zero-order valence-corrected chi connectivity index (χ0v) is 18.3. The van der Waals surface area contributed by atoms with E-state index in [4.69, 9.17) is 4.42 Å². The predicted molar refractivity (Wildman–Crippen MR) is 118 cm³/mol. The van der Waals surface area contributed by atoms with Crippen LogP contribution in [-0.4, -0.2) is 51.1 Å². The first kappa shape index (κ1) is 22.9. The van der Waals surface area contributed by atoms with Gasteiger partial charge in [0.15, 0.2) is 11.7 Å². The minimum atomic E-state index is -0.560. The Kier molecular flexibility index (Phi) is 8.68. The maximum absolute atomic E-state index is 14.0. The number of hydrogen-bond donors (Lipinski definition) is 3. The smallest absolute Gasteiger partial charge is 0.287 e. The number of nitrogens with one attached hydrogen (secondary N) is 3. The molecule has 0 saturated carbocycles. The standard InChI is InChI=1S/C19H23F2N5O2.HI/c1-22-19(24-9-8-23-18(27)16-6-3-11-28-16)25-13-7-10-26(12-13)17-14(20)4-2-5-15(17)21;/h2-6,11,13H,7-10,12H2,1H3,(H,23,27)(H2,22,24,25);1H. The third-order valence-electron chi connectivity index (χ3n) is 4.45. The van der Waals surface area contributed by atoms with Crippen LogP contribution < -0.4 is 20.9 Å². The molecule has 1 aromatic heterocycles. The first-order valence-electron chi connectivity index (χ1n) is 9.06. The maximum atomic E-state index is 14.0. The fourth-order valence-corrected chi connectivity index (χ4v) is 3.11. The monoisotopic (exact) mass is 519 g/mol. The molecule has 1 aliphatic heterocycles. The molecule has 0 aliphatic carbocycles. The predicted octanol–water partition coefficient (Wildman–Crippen LogP) is 2.35. The number of furan rings is 1. The number of aliphatic imine (C=N–C) groups is 1. The van der Waals surface area contributed by atoms with Crippen LogP contribution in [0.5, 0.6) is 0 Å². The number of halogens is 3. The van der Waals surface area contributed by atoms with Crippen molar-refractivity contribution in [1.29, 1.82) is 0 Å². The zero-order valence-electron chi connectivity index (χ0n) is 16.0. The third kappa shape index (κ3) is 6.05. The van der Waals surface area contributed by atoms with Gasteiger partial charge >= 0.3 is 0 Å². The van der Waals surface area contributed by atoms with E-state index in [1.54, 1.807) is 24.1 Å². The Hall–Kier alpha value is -2.37. The number of anilines is 1. The summed E-state index contributed by atoms with van der Waals surface area (Å²) in [7, 11) is 1.64. The van der Waals surface area contributed by atoms with Gasteiger partial charge in [-0.05, 0) is 30.7 Å². The number of para-hydroxylation sites is 1. The molecule has 2 heterocycles. The Balaban J connectivity index is 0.00000300. The van der Waals surface area contributed by atoms with Gasteiger partial charge < -0.3 is 25.3 Å². The van der Waals surface area contributed by atoms with Gasteiger partial charge in [-0.3, -0.25) is 9.79 Å². The Morgan fingerprint density at radius 1 is 1.21 bits per heavy atom. The van der Waals surface area contributed by atoms with Crippen LogP contribution in [0.25, 0.3) is 0 Å². The molecule has 0 radical (unpaired) electrons. The average Bonchev–Trinajstić information content (AvgIpc) is 3.36. The lowest BCUT2D eigenvalue weighted by atomic mass is 10.2. The molecule has 3 N–H and O–H groups in total. The Morgan fingerprint density at radius 3 is 2.59 bits per heavy atom. The minimum absolute atomic E-state index is 0. The van der Waals surface area contributed by atoms with Gasteiger partial charge in [-0.15, -0.1) is 24.0 Å². The summed E-state index contributed by atoms with van der Waals surface area (Å²) in [5, 5.41) is 9.07. The van der Waals surface area contributed by atoms with E-state index in [0.29, 0.717) is 32.1 Å². The highest BCUT2D eigenvalue weighted by molar-refractivity contribution is 14.0. The van der Waals surface area contributed by atoms with Gasteiger partial charge in [0.05, 0.1) is 6.26 Å². The Morgan fingerprint density at radius 2 is 1.93 bits per heavy atom. The summed E-state index contributed by atoms with van der Waals surface area (Å²) in [6, 6.07) is 7.12. The molecule has 1 amide bonds. The molecule has 1 saturated heterocycles. The van der Waals surface area contributed by atoms with Crippen LogP contribution in [0.15, 0.2) is 46.0 Å². The Labute approximate surface area is 185 Å². The normalized spacial score (nSPS) is 16.3. The largest absolute Gasteiger partial charge is 0.459 e. The second-order valence-electron chi connectivity index (χ2n) is 6.38. The second-order valence-corrected chi connectivity index (χ2v) is 6.38. The van der Waals surface area contributed by atoms with Gasteiger partial charge in [-0.2, -0.15) is 0 Å². The van der Waals surface area contributed by atoms with Crippen molar-refractivity contribution in [3.8, 4) is 0 Å². The molecular formula is C19H24F2IN5O2. The molecule has 158 valence electrons. The zero-order chi connectivity index (χ0) is 19.9. The summed E-state index contributed by atoms with van der Waals surface area (Å²) in [6.45, 7) is 1.86. The lowest BCUT2D eigenvalue weighted by molar-refractivity contribution is 0.0926. The molecule has 29 heavy (non-hydrogen) atoms. The van der Waals surface area contributed by atoms with Crippen molar-refractivity contribution in [3.63, 3.8) is 0 Å². The van der Waals surface area contributed by atoms with E-state index in [-0.39, 0.29) is 47.4 Å². The van der Waals surface area contributed by atoms with Gasteiger partial charge in [0, 0.05) is 39.3 Å². The quantitative estimate of drug-likeness (QED) is 0.236. The van der Waals surface area contributed by atoms with Crippen molar-refractivity contribution in [1.82, 2.24) is 16.0 Å². The van der Waals surface area contributed by atoms with Crippen LogP contribution in [-0.2, 0) is 0 Å². The first-order valence-corrected chi connectivity index (χ1v) is 9.06. The van der Waals surface area contributed by atoms with Gasteiger partial charge in [0.2, 0.25) is 0 Å². The summed E-state index contributed by atoms with van der Waals surface area (Å²) in [6.07, 6.45) is 2.17. The fourth-order valence-electron chi connectivity index (χ4n) is 3.11. The molecule has 1 atom stereocenters. The first-order chi connectivity index (χ1) is 13.6. The fraction of sp³-hybridized carbons (Fsp3) is 0.368. The summed E-state index contributed by atoms with van der Waals surface area (Å²) in [5.74, 6) is -0.582. The van der Waals surface area contributed by atoms with Gasteiger partial charge in [-0.25, -0.2) is 8.78 Å². The summed E-state index contributed by atoms with van der Waals surface area (Å²) >= 11 is 0. The highest BCUT2D eigenvalue weighted by atomic mass is 127. The number of amides is 1. The van der Waals surface area contributed by atoms with E-state index < -0.39 is 11.6 Å². The van der Waals surface area contributed by atoms with Gasteiger partial charge in [0.25, 0.3) is 5.91 Å². The molecule has 1 unspecified atom stereocenters. The van der Waals surface area contributed by atoms with Crippen molar-refractivity contribution < 1.29 is 18.0 Å². The SMILES string of the molecule is CN=C(NCCNC(=O)c1ccco1)NC1CCN(c2c(F)cccc2F)C1.I. The minimum Gasteiger partial charge on any atom is -0.459 e. The van der Waals surface area contributed by atoms with Crippen LogP contribution in [0, 0.1) is 11.6 Å². The molecule has 0 bridgehead atoms. The number of carbonyl (C=O) groups excluding carboxylic acids is 1. The van der Waals surface area contributed by atoms with Crippen LogP contribution >= 0.6 is 24.0 Å². The molecule has 3 rings (SSSR count). The van der Waals surface area contributed by atoms with Crippen LogP contribution in [0.2, 0.25) is 0 Å². The number of rotatable bonds is 6. The molecular weight excluding hydrogens is 495 g/mol. The van der Waals surface area contributed by atoms with Crippen LogP contribution in [0.4, 0.5) is 14.5 Å². The topological polar surface area (TPSA) is 81.9 Å². The Bertz CT molecular complexity index is 812. The molecule has 2 aromatic rings. The molecule has 0 spiro atoms. The molecule has 10 heteroatoms. The molecule has 7 nitrogen and oxygen atoms in total. The average molecular weight is 519 g/mol. The number of hydrogen-bond acceptors (Lipinski definition) is 4. The third-order valence-corrected chi connectivity index (χ3v) is 4.45. The van der Waals surface area contributed by atoms with E-state index in [1.807, 2.05) is 0 Å². The lowest BCUT2D eigenvalue weighted by Gasteiger charge is -2.21. The molecule has 1 aromatic carbocycles. The van der Waals surface area contributed by atoms with E-state index in [0.717, 1.165) is 6.42 Å². The molecule has 1 fully saturated rings.